The lowest BCUT2D eigenvalue weighted by Crippen LogP contribution is -2.43. The molecule has 1 saturated heterocycles. The number of rotatable bonds is 2. The van der Waals surface area contributed by atoms with Crippen molar-refractivity contribution in [1.29, 1.82) is 0 Å². The van der Waals surface area contributed by atoms with Crippen LogP contribution in [0.4, 0.5) is 0 Å². The molecule has 0 aromatic carbocycles. The molecule has 0 radical (unpaired) electrons. The molecule has 1 rings (SSSR count). The van der Waals surface area contributed by atoms with Crippen LogP contribution in [0.2, 0.25) is 0 Å². The highest BCUT2D eigenvalue weighted by molar-refractivity contribution is 9.10. The quantitative estimate of drug-likeness (QED) is 0.669. The minimum absolute atomic E-state index is 0.0741. The van der Waals surface area contributed by atoms with E-state index in [1.165, 1.54) is 0 Å². The van der Waals surface area contributed by atoms with Crippen LogP contribution in [0.3, 0.4) is 0 Å². The number of alkyl halides is 1. The third kappa shape index (κ3) is 2.47. The van der Waals surface area contributed by atoms with E-state index in [4.69, 9.17) is 0 Å². The lowest BCUT2D eigenvalue weighted by Gasteiger charge is -2.31. The van der Waals surface area contributed by atoms with Crippen LogP contribution in [-0.4, -0.2) is 28.7 Å². The van der Waals surface area contributed by atoms with Crippen LogP contribution in [0.5, 0.6) is 0 Å². The fourth-order valence-corrected chi connectivity index (χ4v) is 2.13. The van der Waals surface area contributed by atoms with E-state index in [2.05, 4.69) is 29.8 Å². The topological polar surface area (TPSA) is 20.3 Å². The van der Waals surface area contributed by atoms with Gasteiger partial charge in [-0.1, -0.05) is 29.8 Å². The fraction of sp³-hybridized carbons (Fsp3) is 0.889. The van der Waals surface area contributed by atoms with Gasteiger partial charge in [-0.2, -0.15) is 0 Å². The summed E-state index contributed by atoms with van der Waals surface area (Å²) in [5, 5.41) is 0. The van der Waals surface area contributed by atoms with Gasteiger partial charge in [-0.3, -0.25) is 4.79 Å². The van der Waals surface area contributed by atoms with Crippen LogP contribution in [0.25, 0.3) is 0 Å². The van der Waals surface area contributed by atoms with Crippen LogP contribution >= 0.6 is 15.9 Å². The van der Waals surface area contributed by atoms with Crippen LogP contribution in [0.15, 0.2) is 0 Å². The first-order chi connectivity index (χ1) is 5.61. The van der Waals surface area contributed by atoms with Gasteiger partial charge in [0.25, 0.3) is 0 Å². The molecule has 0 aromatic rings. The van der Waals surface area contributed by atoms with Crippen molar-refractivity contribution in [3.8, 4) is 0 Å². The monoisotopic (exact) mass is 233 g/mol. The minimum atomic E-state index is 0.0741. The molecular formula is C9H16BrNO. The lowest BCUT2D eigenvalue weighted by molar-refractivity contribution is -0.132. The summed E-state index contributed by atoms with van der Waals surface area (Å²) in [7, 11) is 0. The largest absolute Gasteiger partial charge is 0.341 e. The van der Waals surface area contributed by atoms with Gasteiger partial charge in [0.15, 0.2) is 0 Å². The molecule has 0 aliphatic carbocycles. The van der Waals surface area contributed by atoms with Gasteiger partial charge >= 0.3 is 0 Å². The number of hydrogen-bond acceptors (Lipinski definition) is 1. The van der Waals surface area contributed by atoms with E-state index in [-0.39, 0.29) is 10.7 Å². The van der Waals surface area contributed by atoms with Crippen molar-refractivity contribution >= 4 is 21.8 Å². The van der Waals surface area contributed by atoms with Gasteiger partial charge in [0.05, 0.1) is 4.83 Å². The first-order valence-electron chi connectivity index (χ1n) is 4.54. The molecule has 1 unspecified atom stereocenters. The number of carbonyl (C=O) groups excluding carboxylic acids is 1. The SMILES string of the molecule is CC(C)CN1CCCC(Br)C1=O. The highest BCUT2D eigenvalue weighted by atomic mass is 79.9. The predicted octanol–water partition coefficient (Wildman–Crippen LogP) is 2.03. The van der Waals surface area contributed by atoms with Gasteiger partial charge in [0.1, 0.15) is 0 Å². The number of hydrogen-bond donors (Lipinski definition) is 0. The summed E-state index contributed by atoms with van der Waals surface area (Å²) >= 11 is 3.39. The fourth-order valence-electron chi connectivity index (χ4n) is 1.52. The summed E-state index contributed by atoms with van der Waals surface area (Å²) < 4.78 is 0. The van der Waals surface area contributed by atoms with Gasteiger partial charge < -0.3 is 4.90 Å². The summed E-state index contributed by atoms with van der Waals surface area (Å²) in [6.45, 7) is 6.14. The summed E-state index contributed by atoms with van der Waals surface area (Å²) in [5.74, 6) is 0.849. The molecule has 1 atom stereocenters. The van der Waals surface area contributed by atoms with Crippen LogP contribution < -0.4 is 0 Å². The molecule has 1 amide bonds. The number of amides is 1. The molecule has 1 aliphatic rings. The van der Waals surface area contributed by atoms with Gasteiger partial charge in [0, 0.05) is 13.1 Å². The van der Waals surface area contributed by atoms with Gasteiger partial charge in [0.2, 0.25) is 5.91 Å². The van der Waals surface area contributed by atoms with Gasteiger partial charge in [-0.25, -0.2) is 0 Å². The standard InChI is InChI=1S/C9H16BrNO/c1-7(2)6-11-5-3-4-8(10)9(11)12/h7-8H,3-6H2,1-2H3. The normalized spacial score (nSPS) is 25.2. The Balaban J connectivity index is 2.46. The van der Waals surface area contributed by atoms with Crippen LogP contribution in [-0.2, 0) is 4.79 Å². The first kappa shape index (κ1) is 10.0. The Bertz CT molecular complexity index is 170. The van der Waals surface area contributed by atoms with Crippen molar-refractivity contribution in [2.24, 2.45) is 5.92 Å². The van der Waals surface area contributed by atoms with E-state index < -0.39 is 0 Å². The minimum Gasteiger partial charge on any atom is -0.341 e. The Morgan fingerprint density at radius 2 is 2.33 bits per heavy atom. The number of likely N-dealkylation sites (tertiary alicyclic amines) is 1. The first-order valence-corrected chi connectivity index (χ1v) is 5.45. The van der Waals surface area contributed by atoms with Crippen molar-refractivity contribution in [2.45, 2.75) is 31.5 Å². The molecule has 0 N–H and O–H groups in total. The Labute approximate surface area is 82.4 Å². The molecule has 3 heteroatoms. The molecule has 1 heterocycles. The van der Waals surface area contributed by atoms with Crippen molar-refractivity contribution in [1.82, 2.24) is 4.90 Å². The molecule has 0 bridgehead atoms. The van der Waals surface area contributed by atoms with E-state index in [9.17, 15) is 4.79 Å². The Kier molecular flexibility index (Phi) is 3.56. The highest BCUT2D eigenvalue weighted by Crippen LogP contribution is 2.19. The smallest absolute Gasteiger partial charge is 0.236 e. The van der Waals surface area contributed by atoms with E-state index in [0.29, 0.717) is 5.92 Å². The lowest BCUT2D eigenvalue weighted by atomic mass is 10.1. The Hall–Kier alpha value is -0.0500. The molecule has 0 spiro atoms. The van der Waals surface area contributed by atoms with Gasteiger partial charge in [-0.05, 0) is 18.8 Å². The van der Waals surface area contributed by atoms with E-state index in [0.717, 1.165) is 25.9 Å². The second-order valence-corrected chi connectivity index (χ2v) is 4.89. The molecule has 1 fully saturated rings. The van der Waals surface area contributed by atoms with Crippen molar-refractivity contribution in [3.05, 3.63) is 0 Å². The van der Waals surface area contributed by atoms with Crippen LogP contribution in [0.1, 0.15) is 26.7 Å². The number of halogens is 1. The van der Waals surface area contributed by atoms with Crippen molar-refractivity contribution < 1.29 is 4.79 Å². The summed E-state index contributed by atoms with van der Waals surface area (Å²) in [5.41, 5.74) is 0. The van der Waals surface area contributed by atoms with Crippen LogP contribution in [0, 0.1) is 5.92 Å². The number of carbonyl (C=O) groups is 1. The summed E-state index contributed by atoms with van der Waals surface area (Å²) in [6, 6.07) is 0. The zero-order valence-corrected chi connectivity index (χ0v) is 9.30. The second-order valence-electron chi connectivity index (χ2n) is 3.79. The molecule has 2 nitrogen and oxygen atoms in total. The van der Waals surface area contributed by atoms with Crippen molar-refractivity contribution in [3.63, 3.8) is 0 Å². The highest BCUT2D eigenvalue weighted by Gasteiger charge is 2.26. The predicted molar refractivity (Wildman–Crippen MR) is 53.4 cm³/mol. The molecule has 1 aliphatic heterocycles. The number of nitrogens with zero attached hydrogens (tertiary/aromatic N) is 1. The summed E-state index contributed by atoms with van der Waals surface area (Å²) in [4.78, 5) is 13.6. The van der Waals surface area contributed by atoms with E-state index in [1.807, 2.05) is 4.90 Å². The maximum Gasteiger partial charge on any atom is 0.236 e. The van der Waals surface area contributed by atoms with E-state index >= 15 is 0 Å². The molecule has 0 aromatic heterocycles. The maximum atomic E-state index is 11.5. The zero-order chi connectivity index (χ0) is 9.14. The Morgan fingerprint density at radius 3 is 2.92 bits per heavy atom. The maximum absolute atomic E-state index is 11.5. The van der Waals surface area contributed by atoms with E-state index in [1.54, 1.807) is 0 Å². The summed E-state index contributed by atoms with van der Waals surface area (Å²) in [6.07, 6.45) is 2.13. The molecule has 70 valence electrons. The van der Waals surface area contributed by atoms with Gasteiger partial charge in [-0.15, -0.1) is 0 Å². The molecular weight excluding hydrogens is 218 g/mol. The third-order valence-corrected chi connectivity index (χ3v) is 2.90. The number of piperidine rings is 1. The average molecular weight is 234 g/mol. The average Bonchev–Trinajstić information content (AvgIpc) is 1.98. The Morgan fingerprint density at radius 1 is 1.67 bits per heavy atom. The molecule has 0 saturated carbocycles. The van der Waals surface area contributed by atoms with Crippen molar-refractivity contribution in [2.75, 3.05) is 13.1 Å². The molecule has 12 heavy (non-hydrogen) atoms. The second kappa shape index (κ2) is 4.26. The third-order valence-electron chi connectivity index (χ3n) is 2.05. The zero-order valence-electron chi connectivity index (χ0n) is 7.72.